The molecule has 2 aliphatic heterocycles. The lowest BCUT2D eigenvalue weighted by atomic mass is 9.89. The normalized spacial score (nSPS) is 18.8. The van der Waals surface area contributed by atoms with Gasteiger partial charge < -0.3 is 9.64 Å². The highest BCUT2D eigenvalue weighted by atomic mass is 16.6. The molecule has 3 heterocycles. The third-order valence-corrected chi connectivity index (χ3v) is 6.37. The van der Waals surface area contributed by atoms with Gasteiger partial charge in [-0.1, -0.05) is 42.8 Å². The average molecular weight is 403 g/mol. The summed E-state index contributed by atoms with van der Waals surface area (Å²) in [5.41, 5.74) is 5.63. The molecule has 0 aliphatic carbocycles. The smallest absolute Gasteiger partial charge is 0.419 e. The minimum atomic E-state index is -0.531. The van der Waals surface area contributed by atoms with E-state index in [2.05, 4.69) is 47.4 Å². The van der Waals surface area contributed by atoms with Gasteiger partial charge in [0.1, 0.15) is 5.60 Å². The van der Waals surface area contributed by atoms with Crippen molar-refractivity contribution in [3.8, 4) is 0 Å². The molecule has 2 aromatic carbocycles. The molecule has 0 bridgehead atoms. The molecule has 1 unspecified atom stereocenters. The number of hydrogen-bond donors (Lipinski definition) is 0. The fourth-order valence-electron chi connectivity index (χ4n) is 5.22. The molecule has 3 aromatic rings. The van der Waals surface area contributed by atoms with E-state index in [0.29, 0.717) is 0 Å². The summed E-state index contributed by atoms with van der Waals surface area (Å²) in [5.74, 6) is 0. The third kappa shape index (κ3) is 3.19. The number of aromatic nitrogens is 1. The maximum absolute atomic E-state index is 13.4. The molecule has 0 saturated heterocycles. The lowest BCUT2D eigenvalue weighted by Gasteiger charge is -2.41. The monoisotopic (exact) mass is 402 g/mol. The van der Waals surface area contributed by atoms with Gasteiger partial charge >= 0.3 is 6.09 Å². The van der Waals surface area contributed by atoms with E-state index in [0.717, 1.165) is 43.4 Å². The molecule has 4 heteroatoms. The van der Waals surface area contributed by atoms with Crippen molar-refractivity contribution in [1.29, 1.82) is 0 Å². The van der Waals surface area contributed by atoms with Gasteiger partial charge in [0, 0.05) is 17.6 Å². The Morgan fingerprint density at radius 1 is 1.00 bits per heavy atom. The third-order valence-electron chi connectivity index (χ3n) is 6.37. The van der Waals surface area contributed by atoms with Gasteiger partial charge in [0.15, 0.2) is 0 Å². The summed E-state index contributed by atoms with van der Waals surface area (Å²) in [6.45, 7) is 6.78. The highest BCUT2D eigenvalue weighted by Gasteiger charge is 2.36. The lowest BCUT2D eigenvalue weighted by Crippen LogP contribution is -2.39. The van der Waals surface area contributed by atoms with Crippen LogP contribution in [-0.2, 0) is 17.6 Å². The van der Waals surface area contributed by atoms with Crippen LogP contribution >= 0.6 is 0 Å². The average Bonchev–Trinajstić information content (AvgIpc) is 3.03. The van der Waals surface area contributed by atoms with Crippen LogP contribution in [0, 0.1) is 0 Å². The van der Waals surface area contributed by atoms with Crippen LogP contribution in [0.1, 0.15) is 62.9 Å². The summed E-state index contributed by atoms with van der Waals surface area (Å²) in [4.78, 5) is 15.9. The van der Waals surface area contributed by atoms with Gasteiger partial charge in [-0.05, 0) is 69.7 Å². The van der Waals surface area contributed by atoms with E-state index in [1.54, 1.807) is 0 Å². The summed E-state index contributed by atoms with van der Waals surface area (Å²) >= 11 is 0. The van der Waals surface area contributed by atoms with Gasteiger partial charge in [0.2, 0.25) is 0 Å². The maximum Gasteiger partial charge on any atom is 0.419 e. The number of rotatable bonds is 0. The molecular weight excluding hydrogens is 372 g/mol. The zero-order valence-electron chi connectivity index (χ0n) is 18.1. The molecule has 0 amide bonds. The minimum absolute atomic E-state index is 0.190. The molecule has 0 radical (unpaired) electrons. The van der Waals surface area contributed by atoms with Crippen molar-refractivity contribution in [2.24, 2.45) is 0 Å². The first-order valence-corrected chi connectivity index (χ1v) is 11.1. The summed E-state index contributed by atoms with van der Waals surface area (Å²) in [5, 5.41) is 1.19. The second-order valence-electron chi connectivity index (χ2n) is 9.53. The van der Waals surface area contributed by atoms with Crippen molar-refractivity contribution < 1.29 is 9.53 Å². The number of fused-ring (bicyclic) bond motifs is 7. The van der Waals surface area contributed by atoms with E-state index in [9.17, 15) is 4.79 Å². The topological polar surface area (TPSA) is 34.5 Å². The second-order valence-corrected chi connectivity index (χ2v) is 9.53. The number of anilines is 1. The molecule has 4 nitrogen and oxygen atoms in total. The number of carbonyl (C=O) groups excluding carboxylic acids is 1. The van der Waals surface area contributed by atoms with Crippen LogP contribution in [0.3, 0.4) is 0 Å². The molecule has 156 valence electrons. The van der Waals surface area contributed by atoms with E-state index in [1.807, 2.05) is 31.4 Å². The van der Waals surface area contributed by atoms with Crippen LogP contribution in [0.4, 0.5) is 10.5 Å². The van der Waals surface area contributed by atoms with Crippen LogP contribution in [0.25, 0.3) is 10.9 Å². The van der Waals surface area contributed by atoms with Gasteiger partial charge in [0.05, 0.1) is 17.3 Å². The van der Waals surface area contributed by atoms with Crippen molar-refractivity contribution in [3.05, 3.63) is 65.4 Å². The second kappa shape index (κ2) is 7.19. The van der Waals surface area contributed by atoms with Crippen LogP contribution in [-0.4, -0.2) is 22.8 Å². The number of nitrogens with zero attached hydrogens (tertiary/aromatic N) is 2. The molecule has 1 aromatic heterocycles. The van der Waals surface area contributed by atoms with Crippen molar-refractivity contribution in [2.45, 2.75) is 64.5 Å². The van der Waals surface area contributed by atoms with Crippen LogP contribution in [0.5, 0.6) is 0 Å². The van der Waals surface area contributed by atoms with Gasteiger partial charge in [0.25, 0.3) is 0 Å². The SMILES string of the molecule is CC(C)(C)OC(=O)n1c2c(c3ccccc31)CCN1c3ccccc3CCCCC21. The number of carbonyl (C=O) groups is 1. The molecule has 30 heavy (non-hydrogen) atoms. The van der Waals surface area contributed by atoms with Gasteiger partial charge in [-0.2, -0.15) is 0 Å². The molecule has 0 spiro atoms. The van der Waals surface area contributed by atoms with Gasteiger partial charge in [-0.3, -0.25) is 0 Å². The number of para-hydroxylation sites is 2. The lowest BCUT2D eigenvalue weighted by molar-refractivity contribution is 0.0537. The Balaban J connectivity index is 1.71. The zero-order chi connectivity index (χ0) is 20.9. The Hall–Kier alpha value is -2.75. The van der Waals surface area contributed by atoms with Crippen LogP contribution in [0.15, 0.2) is 48.5 Å². The largest absolute Gasteiger partial charge is 0.443 e. The Morgan fingerprint density at radius 3 is 2.60 bits per heavy atom. The van der Waals surface area contributed by atoms with Crippen molar-refractivity contribution in [1.82, 2.24) is 4.57 Å². The molecule has 1 atom stereocenters. The van der Waals surface area contributed by atoms with Crippen molar-refractivity contribution in [2.75, 3.05) is 11.4 Å². The fraction of sp³-hybridized carbons (Fsp3) is 0.423. The molecule has 0 N–H and O–H groups in total. The Bertz CT molecular complexity index is 1110. The van der Waals surface area contributed by atoms with Crippen molar-refractivity contribution >= 4 is 22.7 Å². The number of ether oxygens (including phenoxy) is 1. The van der Waals surface area contributed by atoms with E-state index in [4.69, 9.17) is 4.74 Å². The van der Waals surface area contributed by atoms with Gasteiger partial charge in [-0.15, -0.1) is 0 Å². The number of benzene rings is 2. The standard InChI is InChI=1S/C26H30N2O2/c1-26(2,3)30-25(29)28-22-14-9-6-12-19(22)20-16-17-27-21-13-7-4-10-18(21)11-5-8-15-23(27)24(20)28/h4,6-7,9-10,12-14,23H,5,8,11,15-17H2,1-3H3. The van der Waals surface area contributed by atoms with E-state index in [1.165, 1.54) is 28.6 Å². The summed E-state index contributed by atoms with van der Waals surface area (Å²) < 4.78 is 7.74. The minimum Gasteiger partial charge on any atom is -0.443 e. The summed E-state index contributed by atoms with van der Waals surface area (Å²) in [7, 11) is 0. The summed E-state index contributed by atoms with van der Waals surface area (Å²) in [6.07, 6.45) is 5.20. The predicted octanol–water partition coefficient (Wildman–Crippen LogP) is 6.25. The first-order chi connectivity index (χ1) is 14.4. The predicted molar refractivity (Wildman–Crippen MR) is 121 cm³/mol. The molecule has 0 saturated carbocycles. The maximum atomic E-state index is 13.4. The number of aryl methyl sites for hydroxylation is 1. The van der Waals surface area contributed by atoms with E-state index < -0.39 is 5.60 Å². The first kappa shape index (κ1) is 19.2. The highest BCUT2D eigenvalue weighted by molar-refractivity contribution is 5.94. The Labute approximate surface area is 178 Å². The highest BCUT2D eigenvalue weighted by Crippen LogP contribution is 2.44. The van der Waals surface area contributed by atoms with Crippen LogP contribution < -0.4 is 4.90 Å². The van der Waals surface area contributed by atoms with Gasteiger partial charge in [-0.25, -0.2) is 9.36 Å². The van der Waals surface area contributed by atoms with E-state index >= 15 is 0 Å². The molecule has 2 aliphatic rings. The van der Waals surface area contributed by atoms with Crippen molar-refractivity contribution in [3.63, 3.8) is 0 Å². The molecular formula is C26H30N2O2. The quantitative estimate of drug-likeness (QED) is 0.445. The molecule has 5 rings (SSSR count). The fourth-order valence-corrected chi connectivity index (χ4v) is 5.22. The Kier molecular flexibility index (Phi) is 4.61. The van der Waals surface area contributed by atoms with Crippen LogP contribution in [0.2, 0.25) is 0 Å². The Morgan fingerprint density at radius 2 is 1.77 bits per heavy atom. The first-order valence-electron chi connectivity index (χ1n) is 11.1. The van der Waals surface area contributed by atoms with E-state index in [-0.39, 0.29) is 12.1 Å². The zero-order valence-corrected chi connectivity index (χ0v) is 18.1. The molecule has 0 fully saturated rings. The number of hydrogen-bond acceptors (Lipinski definition) is 3. The summed E-state index contributed by atoms with van der Waals surface area (Å²) in [6, 6.07) is 17.3.